The van der Waals surface area contributed by atoms with Crippen LogP contribution in [-0.4, -0.2) is 15.2 Å². The number of aromatic nitrogens is 2. The highest BCUT2D eigenvalue weighted by Gasteiger charge is 2.12. The van der Waals surface area contributed by atoms with E-state index in [0.29, 0.717) is 22.2 Å². The lowest BCUT2D eigenvalue weighted by Gasteiger charge is -1.96. The summed E-state index contributed by atoms with van der Waals surface area (Å²) < 4.78 is 0. The van der Waals surface area contributed by atoms with E-state index in [1.165, 1.54) is 18.5 Å². The van der Waals surface area contributed by atoms with E-state index in [0.717, 1.165) is 0 Å². The smallest absolute Gasteiger partial charge is 0.254 e. The summed E-state index contributed by atoms with van der Waals surface area (Å²) in [5.74, 6) is 0. The lowest BCUT2D eigenvalue weighted by Crippen LogP contribution is -1.92. The number of fused-ring (bicyclic) bond motifs is 1. The first-order valence-electron chi connectivity index (χ1n) is 3.80. The number of halogens is 1. The lowest BCUT2D eigenvalue weighted by molar-refractivity contribution is 0.108. The number of imidazole rings is 1. The summed E-state index contributed by atoms with van der Waals surface area (Å²) in [5, 5.41) is 8.19. The number of hydrogen-bond donors (Lipinski definition) is 1. The zero-order valence-corrected chi connectivity index (χ0v) is 7.67. The number of benzene rings is 1. The predicted octanol–water partition coefficient (Wildman–Crippen LogP) is 1.81. The molecule has 0 unspecified atom stereocenters. The Hall–Kier alpha value is -1.86. The largest absolute Gasteiger partial charge is 0.343 e. The Morgan fingerprint density at radius 3 is 3.00 bits per heavy atom. The van der Waals surface area contributed by atoms with Crippen molar-refractivity contribution in [1.29, 1.82) is 5.26 Å². The van der Waals surface area contributed by atoms with E-state index in [1.807, 2.05) is 6.07 Å². The monoisotopic (exact) mass is 205 g/mol. The molecule has 0 aliphatic rings. The maximum atomic E-state index is 11.0. The van der Waals surface area contributed by atoms with Crippen LogP contribution in [0, 0.1) is 11.3 Å². The van der Waals surface area contributed by atoms with Gasteiger partial charge in [-0.1, -0.05) is 0 Å². The standard InChI is InChI=1S/C9H4ClN3O/c10-9(14)6-2-1-5(3-11)7-8(6)13-4-12-7/h1-2,4H,(H,12,13). The Morgan fingerprint density at radius 1 is 1.57 bits per heavy atom. The molecule has 0 amide bonds. The van der Waals surface area contributed by atoms with Crippen LogP contribution in [0.1, 0.15) is 15.9 Å². The zero-order chi connectivity index (χ0) is 10.1. The van der Waals surface area contributed by atoms with Crippen molar-refractivity contribution in [1.82, 2.24) is 9.97 Å². The molecule has 4 nitrogen and oxygen atoms in total. The topological polar surface area (TPSA) is 69.5 Å². The highest BCUT2D eigenvalue weighted by Crippen LogP contribution is 2.20. The second-order valence-electron chi connectivity index (χ2n) is 2.67. The maximum absolute atomic E-state index is 11.0. The summed E-state index contributed by atoms with van der Waals surface area (Å²) >= 11 is 5.36. The SMILES string of the molecule is N#Cc1ccc(C(=O)Cl)c2nc[nH]c12. The number of rotatable bonds is 1. The fraction of sp³-hybridized carbons (Fsp3) is 0. The number of hydrogen-bond acceptors (Lipinski definition) is 3. The van der Waals surface area contributed by atoms with Crippen LogP contribution < -0.4 is 0 Å². The molecule has 0 bridgehead atoms. The van der Waals surface area contributed by atoms with Crippen LogP contribution in [0.5, 0.6) is 0 Å². The Balaban J connectivity index is 2.87. The normalized spacial score (nSPS) is 10.0. The number of H-pyrrole nitrogens is 1. The van der Waals surface area contributed by atoms with Gasteiger partial charge >= 0.3 is 0 Å². The van der Waals surface area contributed by atoms with Gasteiger partial charge in [0.25, 0.3) is 5.24 Å². The third-order valence-electron chi connectivity index (χ3n) is 1.91. The number of nitrogens with zero attached hydrogens (tertiary/aromatic N) is 2. The van der Waals surface area contributed by atoms with Crippen molar-refractivity contribution in [3.05, 3.63) is 29.6 Å². The van der Waals surface area contributed by atoms with Crippen LogP contribution >= 0.6 is 11.6 Å². The van der Waals surface area contributed by atoms with Crippen molar-refractivity contribution >= 4 is 27.9 Å². The van der Waals surface area contributed by atoms with Gasteiger partial charge in [-0.3, -0.25) is 4.79 Å². The van der Waals surface area contributed by atoms with Gasteiger partial charge < -0.3 is 4.98 Å². The Labute approximate surface area is 84.1 Å². The molecule has 0 fully saturated rings. The summed E-state index contributed by atoms with van der Waals surface area (Å²) in [6, 6.07) is 5.03. The fourth-order valence-corrected chi connectivity index (χ4v) is 1.44. The Morgan fingerprint density at radius 2 is 2.36 bits per heavy atom. The second kappa shape index (κ2) is 3.13. The van der Waals surface area contributed by atoms with Gasteiger partial charge in [-0.25, -0.2) is 4.98 Å². The maximum Gasteiger partial charge on any atom is 0.254 e. The van der Waals surface area contributed by atoms with E-state index >= 15 is 0 Å². The third-order valence-corrected chi connectivity index (χ3v) is 2.12. The van der Waals surface area contributed by atoms with Gasteiger partial charge in [0.2, 0.25) is 0 Å². The molecule has 0 aliphatic carbocycles. The van der Waals surface area contributed by atoms with Crippen molar-refractivity contribution in [2.75, 3.05) is 0 Å². The molecule has 14 heavy (non-hydrogen) atoms. The summed E-state index contributed by atoms with van der Waals surface area (Å²) in [6.07, 6.45) is 1.43. The van der Waals surface area contributed by atoms with E-state index in [9.17, 15) is 4.79 Å². The number of aromatic amines is 1. The average molecular weight is 206 g/mol. The molecule has 0 aliphatic heterocycles. The molecule has 0 saturated heterocycles. The molecule has 1 heterocycles. The van der Waals surface area contributed by atoms with Gasteiger partial charge in [-0.2, -0.15) is 5.26 Å². The summed E-state index contributed by atoms with van der Waals surface area (Å²) in [6.45, 7) is 0. The van der Waals surface area contributed by atoms with Crippen molar-refractivity contribution in [3.8, 4) is 6.07 Å². The fourth-order valence-electron chi connectivity index (χ4n) is 1.28. The number of nitrogens with one attached hydrogen (secondary N) is 1. The van der Waals surface area contributed by atoms with E-state index in [2.05, 4.69) is 9.97 Å². The molecule has 2 aromatic rings. The van der Waals surface area contributed by atoms with Gasteiger partial charge in [-0.15, -0.1) is 0 Å². The molecule has 1 aromatic heterocycles. The number of carbonyl (C=O) groups excluding carboxylic acids is 1. The molecule has 1 N–H and O–H groups in total. The lowest BCUT2D eigenvalue weighted by atomic mass is 10.1. The molecule has 0 atom stereocenters. The molecule has 0 spiro atoms. The van der Waals surface area contributed by atoms with E-state index in [-0.39, 0.29) is 0 Å². The minimum atomic E-state index is -0.577. The third kappa shape index (κ3) is 1.15. The molecule has 2 rings (SSSR count). The van der Waals surface area contributed by atoms with Gasteiger partial charge in [0.1, 0.15) is 11.6 Å². The van der Waals surface area contributed by atoms with Gasteiger partial charge in [0.05, 0.1) is 23.0 Å². The van der Waals surface area contributed by atoms with E-state index in [4.69, 9.17) is 16.9 Å². The van der Waals surface area contributed by atoms with Gasteiger partial charge in [0.15, 0.2) is 0 Å². The van der Waals surface area contributed by atoms with Gasteiger partial charge in [0, 0.05) is 0 Å². The Kier molecular flexibility index (Phi) is 1.95. The summed E-state index contributed by atoms with van der Waals surface area (Å²) in [7, 11) is 0. The minimum Gasteiger partial charge on any atom is -0.343 e. The number of nitriles is 1. The summed E-state index contributed by atoms with van der Waals surface area (Å²) in [4.78, 5) is 17.7. The highest BCUT2D eigenvalue weighted by molar-refractivity contribution is 6.68. The molecule has 68 valence electrons. The molecule has 1 aromatic carbocycles. The van der Waals surface area contributed by atoms with Crippen molar-refractivity contribution < 1.29 is 4.79 Å². The first-order chi connectivity index (χ1) is 6.74. The molecular formula is C9H4ClN3O. The second-order valence-corrected chi connectivity index (χ2v) is 3.02. The van der Waals surface area contributed by atoms with Crippen molar-refractivity contribution in [3.63, 3.8) is 0 Å². The van der Waals surface area contributed by atoms with E-state index < -0.39 is 5.24 Å². The van der Waals surface area contributed by atoms with Crippen LogP contribution in [-0.2, 0) is 0 Å². The van der Waals surface area contributed by atoms with Crippen molar-refractivity contribution in [2.24, 2.45) is 0 Å². The zero-order valence-electron chi connectivity index (χ0n) is 6.91. The van der Waals surface area contributed by atoms with Crippen LogP contribution in [0.3, 0.4) is 0 Å². The summed E-state index contributed by atoms with van der Waals surface area (Å²) in [5.41, 5.74) is 1.73. The first kappa shape index (κ1) is 8.73. The molecule has 5 heteroatoms. The molecule has 0 saturated carbocycles. The first-order valence-corrected chi connectivity index (χ1v) is 4.18. The van der Waals surface area contributed by atoms with E-state index in [1.54, 1.807) is 0 Å². The highest BCUT2D eigenvalue weighted by atomic mass is 35.5. The van der Waals surface area contributed by atoms with Crippen molar-refractivity contribution in [2.45, 2.75) is 0 Å². The van der Waals surface area contributed by atoms with Crippen LogP contribution in [0.25, 0.3) is 11.0 Å². The predicted molar refractivity (Wildman–Crippen MR) is 51.0 cm³/mol. The van der Waals surface area contributed by atoms with Crippen LogP contribution in [0.4, 0.5) is 0 Å². The quantitative estimate of drug-likeness (QED) is 0.722. The van der Waals surface area contributed by atoms with Crippen LogP contribution in [0.15, 0.2) is 18.5 Å². The Bertz CT molecular complexity index is 553. The number of carbonyl (C=O) groups is 1. The molecular weight excluding hydrogens is 202 g/mol. The minimum absolute atomic E-state index is 0.307. The molecule has 0 radical (unpaired) electrons. The average Bonchev–Trinajstić information content (AvgIpc) is 2.64. The van der Waals surface area contributed by atoms with Crippen LogP contribution in [0.2, 0.25) is 0 Å². The van der Waals surface area contributed by atoms with Gasteiger partial charge in [-0.05, 0) is 23.7 Å².